The zero-order chi connectivity index (χ0) is 19.1. The van der Waals surface area contributed by atoms with E-state index >= 15 is 0 Å². The van der Waals surface area contributed by atoms with Gasteiger partial charge in [-0.25, -0.2) is 0 Å². The third kappa shape index (κ3) is 5.87. The van der Waals surface area contributed by atoms with Crippen molar-refractivity contribution in [2.75, 3.05) is 39.4 Å². The van der Waals surface area contributed by atoms with Crippen molar-refractivity contribution in [3.05, 3.63) is 51.9 Å². The number of hydrogen-bond acceptors (Lipinski definition) is 5. The summed E-state index contributed by atoms with van der Waals surface area (Å²) in [5.41, 5.74) is 0. The van der Waals surface area contributed by atoms with E-state index in [4.69, 9.17) is 37.1 Å². The Bertz CT molecular complexity index is 760. The van der Waals surface area contributed by atoms with Crippen molar-refractivity contribution in [2.45, 2.75) is 13.0 Å². The highest BCUT2D eigenvalue weighted by Crippen LogP contribution is 2.32. The van der Waals surface area contributed by atoms with E-state index in [1.807, 2.05) is 0 Å². The SMILES string of the molecule is O=C(NCCCN1CCOCC1)c1ccc(COc2cccc(Cl)c2Cl)o1. The summed E-state index contributed by atoms with van der Waals surface area (Å²) < 4.78 is 16.5. The number of hydrogen-bond donors (Lipinski definition) is 1. The van der Waals surface area contributed by atoms with E-state index in [1.165, 1.54) is 0 Å². The highest BCUT2D eigenvalue weighted by molar-refractivity contribution is 6.42. The molecule has 27 heavy (non-hydrogen) atoms. The van der Waals surface area contributed by atoms with Crippen molar-refractivity contribution in [2.24, 2.45) is 0 Å². The molecule has 3 rings (SSSR count). The van der Waals surface area contributed by atoms with Gasteiger partial charge in [-0.05, 0) is 37.2 Å². The molecule has 0 saturated carbocycles. The van der Waals surface area contributed by atoms with Gasteiger partial charge in [-0.2, -0.15) is 0 Å². The van der Waals surface area contributed by atoms with Crippen LogP contribution in [0.2, 0.25) is 10.0 Å². The van der Waals surface area contributed by atoms with Crippen LogP contribution in [0.4, 0.5) is 0 Å². The zero-order valence-electron chi connectivity index (χ0n) is 14.9. The van der Waals surface area contributed by atoms with Gasteiger partial charge in [-0.15, -0.1) is 0 Å². The molecule has 0 atom stereocenters. The lowest BCUT2D eigenvalue weighted by molar-refractivity contribution is 0.0374. The quantitative estimate of drug-likeness (QED) is 0.670. The second kappa shape index (κ2) is 9.99. The van der Waals surface area contributed by atoms with Crippen LogP contribution in [-0.2, 0) is 11.3 Å². The smallest absolute Gasteiger partial charge is 0.286 e. The molecule has 146 valence electrons. The van der Waals surface area contributed by atoms with Crippen LogP contribution in [0.1, 0.15) is 22.7 Å². The van der Waals surface area contributed by atoms with Crippen LogP contribution in [0.3, 0.4) is 0 Å². The minimum Gasteiger partial charge on any atom is -0.484 e. The summed E-state index contributed by atoms with van der Waals surface area (Å²) >= 11 is 12.0. The molecule has 1 aromatic carbocycles. The average molecular weight is 413 g/mol. The molecule has 8 heteroatoms. The molecule has 1 saturated heterocycles. The fraction of sp³-hybridized carbons (Fsp3) is 0.421. The van der Waals surface area contributed by atoms with Crippen LogP contribution in [0.5, 0.6) is 5.75 Å². The number of morpholine rings is 1. The molecule has 2 heterocycles. The molecule has 2 aromatic rings. The minimum atomic E-state index is -0.232. The number of nitrogens with one attached hydrogen (secondary N) is 1. The molecule has 0 bridgehead atoms. The lowest BCUT2D eigenvalue weighted by Crippen LogP contribution is -2.38. The van der Waals surface area contributed by atoms with Crippen molar-refractivity contribution in [1.29, 1.82) is 0 Å². The van der Waals surface area contributed by atoms with Gasteiger partial charge in [0.05, 0.1) is 18.2 Å². The van der Waals surface area contributed by atoms with Gasteiger partial charge in [0.1, 0.15) is 23.1 Å². The maximum atomic E-state index is 12.2. The molecule has 1 aliphatic rings. The number of nitrogens with zero attached hydrogens (tertiary/aromatic N) is 1. The van der Waals surface area contributed by atoms with E-state index < -0.39 is 0 Å². The maximum absolute atomic E-state index is 12.2. The van der Waals surface area contributed by atoms with Crippen molar-refractivity contribution in [3.63, 3.8) is 0 Å². The van der Waals surface area contributed by atoms with Gasteiger partial charge in [0.2, 0.25) is 0 Å². The third-order valence-corrected chi connectivity index (χ3v) is 5.01. The molecule has 1 fully saturated rings. The van der Waals surface area contributed by atoms with E-state index in [0.29, 0.717) is 28.1 Å². The maximum Gasteiger partial charge on any atom is 0.286 e. The van der Waals surface area contributed by atoms with Crippen LogP contribution in [0, 0.1) is 0 Å². The second-order valence-electron chi connectivity index (χ2n) is 6.17. The molecule has 0 spiro atoms. The van der Waals surface area contributed by atoms with Gasteiger partial charge in [0.15, 0.2) is 5.76 Å². The first-order chi connectivity index (χ1) is 13.1. The van der Waals surface area contributed by atoms with Crippen LogP contribution in [0.25, 0.3) is 0 Å². The third-order valence-electron chi connectivity index (χ3n) is 4.21. The molecule has 1 aromatic heterocycles. The Hall–Kier alpha value is -1.73. The van der Waals surface area contributed by atoms with E-state index in [-0.39, 0.29) is 18.3 Å². The predicted molar refractivity (Wildman–Crippen MR) is 104 cm³/mol. The molecule has 0 radical (unpaired) electrons. The summed E-state index contributed by atoms with van der Waals surface area (Å²) in [6.07, 6.45) is 0.885. The summed E-state index contributed by atoms with van der Waals surface area (Å²) in [4.78, 5) is 14.5. The number of carbonyl (C=O) groups excluding carboxylic acids is 1. The van der Waals surface area contributed by atoms with Gasteiger partial charge in [-0.3, -0.25) is 9.69 Å². The van der Waals surface area contributed by atoms with E-state index in [0.717, 1.165) is 39.3 Å². The summed E-state index contributed by atoms with van der Waals surface area (Å²) in [5, 5.41) is 3.65. The Morgan fingerprint density at radius 2 is 2.00 bits per heavy atom. The van der Waals surface area contributed by atoms with Crippen LogP contribution in [-0.4, -0.2) is 50.2 Å². The molecule has 6 nitrogen and oxygen atoms in total. The minimum absolute atomic E-state index is 0.157. The second-order valence-corrected chi connectivity index (χ2v) is 6.96. The van der Waals surface area contributed by atoms with Gasteiger partial charge in [0.25, 0.3) is 5.91 Å². The van der Waals surface area contributed by atoms with Crippen molar-refractivity contribution in [1.82, 2.24) is 10.2 Å². The molecular weight excluding hydrogens is 391 g/mol. The first-order valence-electron chi connectivity index (χ1n) is 8.87. The van der Waals surface area contributed by atoms with Crippen molar-refractivity contribution >= 4 is 29.1 Å². The average Bonchev–Trinajstić information content (AvgIpc) is 3.16. The number of halogens is 2. The Labute approximate surface area is 168 Å². The van der Waals surface area contributed by atoms with Gasteiger partial charge >= 0.3 is 0 Å². The summed E-state index contributed by atoms with van der Waals surface area (Å²) in [6, 6.07) is 8.50. The van der Waals surface area contributed by atoms with Crippen molar-refractivity contribution < 1.29 is 18.7 Å². The number of furan rings is 1. The van der Waals surface area contributed by atoms with E-state index in [2.05, 4.69) is 10.2 Å². The van der Waals surface area contributed by atoms with E-state index in [1.54, 1.807) is 30.3 Å². The lowest BCUT2D eigenvalue weighted by Gasteiger charge is -2.26. The molecule has 1 aliphatic heterocycles. The van der Waals surface area contributed by atoms with Gasteiger partial charge < -0.3 is 19.2 Å². The van der Waals surface area contributed by atoms with E-state index in [9.17, 15) is 4.79 Å². The Balaban J connectivity index is 1.41. The monoisotopic (exact) mass is 412 g/mol. The number of carbonyl (C=O) groups is 1. The van der Waals surface area contributed by atoms with Crippen LogP contribution in [0.15, 0.2) is 34.7 Å². The van der Waals surface area contributed by atoms with Crippen LogP contribution < -0.4 is 10.1 Å². The Kier molecular flexibility index (Phi) is 7.41. The van der Waals surface area contributed by atoms with Gasteiger partial charge in [-0.1, -0.05) is 29.3 Å². The first-order valence-corrected chi connectivity index (χ1v) is 9.63. The predicted octanol–water partition coefficient (Wildman–Crippen LogP) is 3.62. The Morgan fingerprint density at radius 3 is 2.81 bits per heavy atom. The number of ether oxygens (including phenoxy) is 2. The lowest BCUT2D eigenvalue weighted by atomic mass is 10.3. The molecule has 0 unspecified atom stereocenters. The molecule has 1 N–H and O–H groups in total. The molecule has 1 amide bonds. The first kappa shape index (κ1) is 20.0. The summed E-state index contributed by atoms with van der Waals surface area (Å²) in [6.45, 7) is 5.17. The number of amides is 1. The largest absolute Gasteiger partial charge is 0.484 e. The van der Waals surface area contributed by atoms with Gasteiger partial charge in [0, 0.05) is 19.6 Å². The topological polar surface area (TPSA) is 63.9 Å². The highest BCUT2D eigenvalue weighted by atomic mass is 35.5. The summed E-state index contributed by atoms with van der Waals surface area (Å²) in [5.74, 6) is 1.03. The standard InChI is InChI=1S/C19H22Cl2N2O4/c20-15-3-1-4-16(18(15)21)26-13-14-5-6-17(27-14)19(24)22-7-2-8-23-9-11-25-12-10-23/h1,3-6H,2,7-13H2,(H,22,24). The Morgan fingerprint density at radius 1 is 1.19 bits per heavy atom. The normalized spacial score (nSPS) is 14.9. The van der Waals surface area contributed by atoms with Crippen LogP contribution >= 0.6 is 23.2 Å². The number of benzene rings is 1. The summed E-state index contributed by atoms with van der Waals surface area (Å²) in [7, 11) is 0. The van der Waals surface area contributed by atoms with Crippen molar-refractivity contribution in [3.8, 4) is 5.75 Å². The molecule has 0 aliphatic carbocycles. The number of rotatable bonds is 8. The fourth-order valence-corrected chi connectivity index (χ4v) is 3.08. The molecular formula is C19H22Cl2N2O4. The zero-order valence-corrected chi connectivity index (χ0v) is 16.4. The fourth-order valence-electron chi connectivity index (χ4n) is 2.74. The highest BCUT2D eigenvalue weighted by Gasteiger charge is 2.13.